The molecule has 0 aliphatic heterocycles. The number of ketones is 3. The molecule has 2 aromatic rings. The Morgan fingerprint density at radius 3 is 1.43 bits per heavy atom. The average Bonchev–Trinajstić information content (AvgIpc) is 3.14. The van der Waals surface area contributed by atoms with Gasteiger partial charge in [-0.1, -0.05) is 90.1 Å². The molecule has 0 fully saturated rings. The van der Waals surface area contributed by atoms with Crippen LogP contribution in [0.15, 0.2) is 48.5 Å². The minimum absolute atomic E-state index is 0.0201. The molecule has 298 valence electrons. The number of benzene rings is 2. The molecule has 0 unspecified atom stereocenters. The Morgan fingerprint density at radius 2 is 1.06 bits per heavy atom. The first-order valence-corrected chi connectivity index (χ1v) is 18.5. The zero-order valence-corrected chi connectivity index (χ0v) is 33.3. The highest BCUT2D eigenvalue weighted by Gasteiger charge is 2.27. The molecule has 12 heteroatoms. The van der Waals surface area contributed by atoms with Crippen LogP contribution in [0.25, 0.3) is 0 Å². The van der Waals surface area contributed by atoms with E-state index in [2.05, 4.69) is 10.6 Å². The Bertz CT molecular complexity index is 1360. The summed E-state index contributed by atoms with van der Waals surface area (Å²) in [6.07, 6.45) is 0.806. The number of aliphatic hydroxyl groups excluding tert-OH is 2. The van der Waals surface area contributed by atoms with Gasteiger partial charge in [-0.25, -0.2) is 0 Å². The second-order valence-electron chi connectivity index (χ2n) is 13.4. The lowest BCUT2D eigenvalue weighted by Crippen LogP contribution is -2.49. The van der Waals surface area contributed by atoms with Gasteiger partial charge in [0.2, 0.25) is 11.8 Å². The van der Waals surface area contributed by atoms with Gasteiger partial charge in [0.05, 0.1) is 51.2 Å². The van der Waals surface area contributed by atoms with E-state index in [0.29, 0.717) is 19.8 Å². The minimum Gasteiger partial charge on any atom is -0.392 e. The predicted molar refractivity (Wildman–Crippen MR) is 207 cm³/mol. The molecule has 0 aliphatic carbocycles. The number of aliphatic hydroxyl groups is 2. The van der Waals surface area contributed by atoms with Gasteiger partial charge in [0.15, 0.2) is 11.6 Å². The lowest BCUT2D eigenvalue weighted by atomic mass is 9.88. The number of hydrogen-bond donors (Lipinski definition) is 5. The van der Waals surface area contributed by atoms with Gasteiger partial charge in [-0.05, 0) is 47.9 Å². The number of Topliss-reactive ketones (excluding diaryl/α,β-unsaturated/α-hetero) is 3. The molecule has 0 bridgehead atoms. The second-order valence-corrected chi connectivity index (χ2v) is 13.4. The summed E-state index contributed by atoms with van der Waals surface area (Å²) in [7, 11) is 1.58. The summed E-state index contributed by atoms with van der Waals surface area (Å²) in [6, 6.07) is 12.5. The van der Waals surface area contributed by atoms with Crippen molar-refractivity contribution in [2.24, 2.45) is 23.5 Å². The van der Waals surface area contributed by atoms with Crippen LogP contribution in [-0.4, -0.2) is 84.4 Å². The van der Waals surface area contributed by atoms with Crippen LogP contribution < -0.4 is 16.4 Å². The molecular formula is C41H65N3O9. The smallest absolute Gasteiger partial charge is 0.237 e. The quantitative estimate of drug-likeness (QED) is 0.111. The summed E-state index contributed by atoms with van der Waals surface area (Å²) in [5, 5.41) is 23.5. The summed E-state index contributed by atoms with van der Waals surface area (Å²) < 4.78 is 10.2. The van der Waals surface area contributed by atoms with Gasteiger partial charge in [0.1, 0.15) is 5.78 Å². The lowest BCUT2D eigenvalue weighted by Gasteiger charge is -2.22. The molecule has 12 nitrogen and oxygen atoms in total. The fourth-order valence-electron chi connectivity index (χ4n) is 4.74. The zero-order valence-electron chi connectivity index (χ0n) is 33.3. The monoisotopic (exact) mass is 743 g/mol. The minimum atomic E-state index is -0.649. The summed E-state index contributed by atoms with van der Waals surface area (Å²) in [4.78, 5) is 61.3. The zero-order chi connectivity index (χ0) is 40.5. The van der Waals surface area contributed by atoms with Crippen LogP contribution in [0.2, 0.25) is 0 Å². The van der Waals surface area contributed by atoms with Crippen LogP contribution in [-0.2, 0) is 59.5 Å². The van der Waals surface area contributed by atoms with Crippen molar-refractivity contribution in [1.29, 1.82) is 0 Å². The third kappa shape index (κ3) is 20.3. The molecule has 0 radical (unpaired) electrons. The van der Waals surface area contributed by atoms with E-state index in [4.69, 9.17) is 25.4 Å². The van der Waals surface area contributed by atoms with E-state index < -0.39 is 24.0 Å². The fraction of sp³-hybridized carbons (Fsp3) is 0.585. The van der Waals surface area contributed by atoms with E-state index in [1.54, 1.807) is 69.5 Å². The van der Waals surface area contributed by atoms with Gasteiger partial charge in [0.25, 0.3) is 0 Å². The number of nitrogens with two attached hydrogens (primary N) is 1. The third-order valence-electron chi connectivity index (χ3n) is 8.42. The molecule has 0 heterocycles. The summed E-state index contributed by atoms with van der Waals surface area (Å²) in [5.74, 6) is -1.30. The Labute approximate surface area is 316 Å². The van der Waals surface area contributed by atoms with Crippen LogP contribution in [0.3, 0.4) is 0 Å². The van der Waals surface area contributed by atoms with Crippen molar-refractivity contribution in [1.82, 2.24) is 10.6 Å². The van der Waals surface area contributed by atoms with Gasteiger partial charge >= 0.3 is 0 Å². The number of nitrogens with one attached hydrogen (secondary N) is 2. The number of hydrogen-bond acceptors (Lipinski definition) is 10. The van der Waals surface area contributed by atoms with Crippen LogP contribution in [0.5, 0.6) is 0 Å². The van der Waals surface area contributed by atoms with Crippen LogP contribution >= 0.6 is 0 Å². The average molecular weight is 744 g/mol. The molecule has 0 spiro atoms. The van der Waals surface area contributed by atoms with Crippen LogP contribution in [0.1, 0.15) is 90.5 Å². The SMILES string of the molecule is CC.CC(C)[C@H](N)C(=O)N[C@@H](C)C(=O)Cc1ccc(CO)cc1.COCCOCCC(=O)C[C@H](C(=O)N[C@@H](C)C(=O)Cc1ccc(CO)cc1)C(C)C. The number of ether oxygens (including phenoxy) is 2. The summed E-state index contributed by atoms with van der Waals surface area (Å²) in [5.41, 5.74) is 9.00. The first-order chi connectivity index (χ1) is 25.1. The van der Waals surface area contributed by atoms with Gasteiger partial charge in [0, 0.05) is 38.7 Å². The molecule has 4 atom stereocenters. The second kappa shape index (κ2) is 27.7. The van der Waals surface area contributed by atoms with Gasteiger partial charge in [-0.3, -0.25) is 24.0 Å². The largest absolute Gasteiger partial charge is 0.392 e. The molecule has 0 aliphatic rings. The number of carbonyl (C=O) groups is 5. The molecular weight excluding hydrogens is 678 g/mol. The molecule has 0 saturated heterocycles. The van der Waals surface area contributed by atoms with Crippen molar-refractivity contribution in [3.63, 3.8) is 0 Å². The Hall–Kier alpha value is -3.81. The van der Waals surface area contributed by atoms with E-state index in [-0.39, 0.29) is 79.9 Å². The van der Waals surface area contributed by atoms with E-state index >= 15 is 0 Å². The van der Waals surface area contributed by atoms with Crippen molar-refractivity contribution < 1.29 is 43.7 Å². The van der Waals surface area contributed by atoms with Crippen LogP contribution in [0, 0.1) is 17.8 Å². The first kappa shape index (κ1) is 49.2. The molecule has 2 amide bonds. The maximum atomic E-state index is 12.7. The lowest BCUT2D eigenvalue weighted by molar-refractivity contribution is -0.133. The summed E-state index contributed by atoms with van der Waals surface area (Å²) in [6.45, 7) is 16.0. The van der Waals surface area contributed by atoms with Gasteiger partial charge in [-0.15, -0.1) is 0 Å². The number of carbonyl (C=O) groups excluding carboxylic acids is 5. The molecule has 6 N–H and O–H groups in total. The highest BCUT2D eigenvalue weighted by atomic mass is 16.5. The van der Waals surface area contributed by atoms with Crippen molar-refractivity contribution >= 4 is 29.2 Å². The Balaban J connectivity index is 0.00000103. The molecule has 2 rings (SSSR count). The highest BCUT2D eigenvalue weighted by Crippen LogP contribution is 2.18. The first-order valence-electron chi connectivity index (χ1n) is 18.5. The Kier molecular flexibility index (Phi) is 25.8. The van der Waals surface area contributed by atoms with Crippen molar-refractivity contribution in [3.8, 4) is 0 Å². The molecule has 53 heavy (non-hydrogen) atoms. The van der Waals surface area contributed by atoms with Crippen molar-refractivity contribution in [3.05, 3.63) is 70.8 Å². The molecule has 0 saturated carbocycles. The van der Waals surface area contributed by atoms with E-state index in [9.17, 15) is 24.0 Å². The van der Waals surface area contributed by atoms with Gasteiger partial charge < -0.3 is 36.1 Å². The fourth-order valence-corrected chi connectivity index (χ4v) is 4.74. The number of rotatable bonds is 22. The normalized spacial score (nSPS) is 13.0. The standard InChI is InChI=1S/C23H35NO6.C16H24N2O3.C2H6/c1-16(2)21(14-20(26)9-10-30-12-11-29-4)23(28)24-17(3)22(27)13-18-5-7-19(15-25)8-6-18;1-10(2)15(17)16(21)18-11(3)14(20)8-12-4-6-13(9-19)7-5-12;1-2/h5-8,16-17,21,25H,9-15H2,1-4H3,(H,24,28);4-7,10-11,15,19H,8-9,17H2,1-3H3,(H,18,21);1-2H3/t17-,21-;11-,15-;/m00./s1. The van der Waals surface area contributed by atoms with E-state index in [0.717, 1.165) is 22.3 Å². The topological polar surface area (TPSA) is 194 Å². The maximum Gasteiger partial charge on any atom is 0.237 e. The Morgan fingerprint density at radius 1 is 0.642 bits per heavy atom. The number of amides is 2. The summed E-state index contributed by atoms with van der Waals surface area (Å²) >= 11 is 0. The highest BCUT2D eigenvalue weighted by molar-refractivity contribution is 5.93. The predicted octanol–water partition coefficient (Wildman–Crippen LogP) is 3.88. The van der Waals surface area contributed by atoms with Crippen molar-refractivity contribution in [2.75, 3.05) is 26.9 Å². The maximum absolute atomic E-state index is 12.7. The van der Waals surface area contributed by atoms with Crippen molar-refractivity contribution in [2.45, 2.75) is 112 Å². The third-order valence-corrected chi connectivity index (χ3v) is 8.42. The van der Waals surface area contributed by atoms with Gasteiger partial charge in [-0.2, -0.15) is 0 Å². The molecule has 2 aromatic carbocycles. The van der Waals surface area contributed by atoms with E-state index in [1.807, 2.05) is 41.5 Å². The van der Waals surface area contributed by atoms with Crippen LogP contribution in [0.4, 0.5) is 0 Å². The molecule has 0 aromatic heterocycles. The van der Waals surface area contributed by atoms with E-state index in [1.165, 1.54) is 0 Å². The number of methoxy groups -OCH3 is 1.